The van der Waals surface area contributed by atoms with Gasteiger partial charge < -0.3 is 20.7 Å². The number of nitrogens with one attached hydrogen (secondary N) is 3. The van der Waals surface area contributed by atoms with E-state index >= 15 is 0 Å². The number of morpholine rings is 1. The van der Waals surface area contributed by atoms with Crippen LogP contribution in [0.25, 0.3) is 0 Å². The van der Waals surface area contributed by atoms with Crippen molar-refractivity contribution in [1.29, 1.82) is 0 Å². The maximum Gasteiger partial charge on any atom is 0.225 e. The van der Waals surface area contributed by atoms with Gasteiger partial charge in [0.1, 0.15) is 5.82 Å². The third kappa shape index (κ3) is 9.65. The molecule has 0 saturated carbocycles. The second-order valence-electron chi connectivity index (χ2n) is 7.59. The number of rotatable bonds is 9. The molecule has 3 N–H and O–H groups in total. The van der Waals surface area contributed by atoms with Crippen LogP contribution in [0.15, 0.2) is 53.5 Å². The lowest BCUT2D eigenvalue weighted by atomic mass is 10.2. The average molecular weight is 569 g/mol. The molecule has 2 aromatic carbocycles. The minimum absolute atomic E-state index is 0. The summed E-state index contributed by atoms with van der Waals surface area (Å²) in [5.41, 5.74) is 2.31. The highest BCUT2D eigenvalue weighted by Crippen LogP contribution is 2.12. The van der Waals surface area contributed by atoms with Crippen LogP contribution in [-0.4, -0.2) is 56.2 Å². The van der Waals surface area contributed by atoms with Crippen LogP contribution in [0, 0.1) is 5.82 Å². The molecular weight excluding hydrogens is 536 g/mol. The van der Waals surface area contributed by atoms with Gasteiger partial charge in [0.15, 0.2) is 5.96 Å². The van der Waals surface area contributed by atoms with E-state index in [4.69, 9.17) is 4.74 Å². The van der Waals surface area contributed by atoms with E-state index in [1.165, 1.54) is 6.07 Å². The van der Waals surface area contributed by atoms with Gasteiger partial charge in [-0.1, -0.05) is 30.3 Å². The fraction of sp³-hybridized carbons (Fsp3) is 0.417. The number of hydrogen-bond donors (Lipinski definition) is 3. The molecule has 1 heterocycles. The molecule has 0 spiro atoms. The third-order valence-corrected chi connectivity index (χ3v) is 5.14. The highest BCUT2D eigenvalue weighted by atomic mass is 127. The predicted octanol–water partition coefficient (Wildman–Crippen LogP) is 3.36. The lowest BCUT2D eigenvalue weighted by molar-refractivity contribution is -0.116. The summed E-state index contributed by atoms with van der Waals surface area (Å²) in [6, 6.07) is 14.4. The molecule has 2 aromatic rings. The van der Waals surface area contributed by atoms with Crippen LogP contribution >= 0.6 is 24.0 Å². The van der Waals surface area contributed by atoms with E-state index in [1.807, 2.05) is 37.3 Å². The van der Waals surface area contributed by atoms with Gasteiger partial charge in [0, 0.05) is 50.4 Å². The molecule has 1 aliphatic rings. The Bertz CT molecular complexity index is 906. The van der Waals surface area contributed by atoms with Crippen molar-refractivity contribution < 1.29 is 13.9 Å². The highest BCUT2D eigenvalue weighted by molar-refractivity contribution is 14.0. The number of amides is 1. The van der Waals surface area contributed by atoms with Crippen molar-refractivity contribution in [3.63, 3.8) is 0 Å². The average Bonchev–Trinajstić information content (AvgIpc) is 2.81. The standard InChI is InChI=1S/C24H32FN5O2.HI/c1-2-26-24(28-18-20-7-3-4-9-22(20)25)27-17-19-6-5-8-21(16-19)29-23(31)10-11-30-12-14-32-15-13-30;/h3-9,16H,2,10-15,17-18H2,1H3,(H,29,31)(H2,26,27,28);1H. The van der Waals surface area contributed by atoms with Gasteiger partial charge >= 0.3 is 0 Å². The molecule has 1 aliphatic heterocycles. The fourth-order valence-electron chi connectivity index (χ4n) is 3.39. The Morgan fingerprint density at radius 2 is 1.91 bits per heavy atom. The monoisotopic (exact) mass is 569 g/mol. The Morgan fingerprint density at radius 3 is 2.67 bits per heavy atom. The number of ether oxygens (including phenoxy) is 1. The van der Waals surface area contributed by atoms with Crippen LogP contribution in [0.2, 0.25) is 0 Å². The Kier molecular flexibility index (Phi) is 12.1. The largest absolute Gasteiger partial charge is 0.379 e. The van der Waals surface area contributed by atoms with Crippen molar-refractivity contribution in [3.8, 4) is 0 Å². The van der Waals surface area contributed by atoms with Gasteiger partial charge in [-0.05, 0) is 30.7 Å². The van der Waals surface area contributed by atoms with E-state index in [-0.39, 0.29) is 35.7 Å². The number of nitrogens with zero attached hydrogens (tertiary/aromatic N) is 2. The number of aliphatic imine (C=N–C) groups is 1. The maximum absolute atomic E-state index is 13.8. The van der Waals surface area contributed by atoms with Crippen LogP contribution < -0.4 is 16.0 Å². The van der Waals surface area contributed by atoms with Crippen LogP contribution in [-0.2, 0) is 22.6 Å². The summed E-state index contributed by atoms with van der Waals surface area (Å²) in [6.07, 6.45) is 0.451. The Morgan fingerprint density at radius 1 is 1.12 bits per heavy atom. The van der Waals surface area contributed by atoms with Crippen molar-refractivity contribution >= 4 is 41.5 Å². The summed E-state index contributed by atoms with van der Waals surface area (Å²) >= 11 is 0. The van der Waals surface area contributed by atoms with Crippen LogP contribution in [0.3, 0.4) is 0 Å². The predicted molar refractivity (Wildman–Crippen MR) is 140 cm³/mol. The smallest absolute Gasteiger partial charge is 0.225 e. The Labute approximate surface area is 212 Å². The molecule has 0 bridgehead atoms. The second-order valence-corrected chi connectivity index (χ2v) is 7.59. The van der Waals surface area contributed by atoms with Gasteiger partial charge in [-0.25, -0.2) is 9.38 Å². The van der Waals surface area contributed by atoms with Crippen molar-refractivity contribution in [1.82, 2.24) is 15.5 Å². The van der Waals surface area contributed by atoms with E-state index in [0.717, 1.165) is 44.1 Å². The first kappa shape index (κ1) is 27.0. The first-order valence-corrected chi connectivity index (χ1v) is 11.1. The fourth-order valence-corrected chi connectivity index (χ4v) is 3.39. The molecule has 9 heteroatoms. The van der Waals surface area contributed by atoms with Crippen LogP contribution in [0.5, 0.6) is 0 Å². The molecular formula is C24H33FIN5O2. The zero-order valence-corrected chi connectivity index (χ0v) is 21.3. The highest BCUT2D eigenvalue weighted by Gasteiger charge is 2.12. The molecule has 0 aromatic heterocycles. The number of carbonyl (C=O) groups is 1. The number of halogens is 2. The van der Waals surface area contributed by atoms with Crippen LogP contribution in [0.4, 0.5) is 10.1 Å². The maximum atomic E-state index is 13.8. The Balaban J connectivity index is 0.00000385. The summed E-state index contributed by atoms with van der Waals surface area (Å²) in [6.45, 7) is 7.40. The van der Waals surface area contributed by atoms with E-state index in [0.29, 0.717) is 37.6 Å². The molecule has 1 saturated heterocycles. The van der Waals surface area contributed by atoms with E-state index in [9.17, 15) is 9.18 Å². The van der Waals surface area contributed by atoms with Gasteiger partial charge in [-0.15, -0.1) is 24.0 Å². The Hall–Kier alpha value is -2.24. The minimum atomic E-state index is -0.243. The lowest BCUT2D eigenvalue weighted by Crippen LogP contribution is -2.38. The van der Waals surface area contributed by atoms with E-state index in [2.05, 4.69) is 25.8 Å². The normalized spacial score (nSPS) is 14.3. The van der Waals surface area contributed by atoms with Gasteiger partial charge in [-0.2, -0.15) is 0 Å². The lowest BCUT2D eigenvalue weighted by Gasteiger charge is -2.26. The minimum Gasteiger partial charge on any atom is -0.379 e. The van der Waals surface area contributed by atoms with E-state index in [1.54, 1.807) is 12.1 Å². The molecule has 0 atom stereocenters. The van der Waals surface area contributed by atoms with Crippen molar-refractivity contribution in [2.45, 2.75) is 26.4 Å². The quantitative estimate of drug-likeness (QED) is 0.246. The van der Waals surface area contributed by atoms with E-state index < -0.39 is 0 Å². The topological polar surface area (TPSA) is 78.0 Å². The molecule has 180 valence electrons. The summed E-state index contributed by atoms with van der Waals surface area (Å²) in [5, 5.41) is 9.30. The number of benzene rings is 2. The third-order valence-electron chi connectivity index (χ3n) is 5.14. The molecule has 33 heavy (non-hydrogen) atoms. The van der Waals surface area contributed by atoms with Gasteiger partial charge in [-0.3, -0.25) is 9.69 Å². The van der Waals surface area contributed by atoms with Crippen molar-refractivity contribution in [2.75, 3.05) is 44.7 Å². The zero-order chi connectivity index (χ0) is 22.6. The summed E-state index contributed by atoms with van der Waals surface area (Å²) in [5.74, 6) is 0.362. The molecule has 7 nitrogen and oxygen atoms in total. The first-order chi connectivity index (χ1) is 15.6. The molecule has 0 radical (unpaired) electrons. The number of hydrogen-bond acceptors (Lipinski definition) is 4. The summed E-state index contributed by atoms with van der Waals surface area (Å²) < 4.78 is 19.2. The molecule has 3 rings (SSSR count). The zero-order valence-electron chi connectivity index (χ0n) is 19.0. The second kappa shape index (κ2) is 14.8. The summed E-state index contributed by atoms with van der Waals surface area (Å²) in [7, 11) is 0. The van der Waals surface area contributed by atoms with Crippen molar-refractivity contribution in [2.24, 2.45) is 4.99 Å². The molecule has 0 aliphatic carbocycles. The SMILES string of the molecule is CCNC(=NCc1cccc(NC(=O)CCN2CCOCC2)c1)NCc1ccccc1F.I. The van der Waals surface area contributed by atoms with Gasteiger partial charge in [0.25, 0.3) is 0 Å². The molecule has 1 fully saturated rings. The first-order valence-electron chi connectivity index (χ1n) is 11.1. The number of carbonyl (C=O) groups excluding carboxylic acids is 1. The van der Waals surface area contributed by atoms with Crippen LogP contribution in [0.1, 0.15) is 24.5 Å². The van der Waals surface area contributed by atoms with Gasteiger partial charge in [0.2, 0.25) is 5.91 Å². The number of anilines is 1. The molecule has 1 amide bonds. The molecule has 0 unspecified atom stereocenters. The summed E-state index contributed by atoms with van der Waals surface area (Å²) in [4.78, 5) is 19.1. The number of guanidine groups is 1. The van der Waals surface area contributed by atoms with Gasteiger partial charge in [0.05, 0.1) is 19.8 Å². The van der Waals surface area contributed by atoms with Crippen molar-refractivity contribution in [3.05, 3.63) is 65.5 Å².